The minimum absolute atomic E-state index is 0.416. The molecule has 1 aromatic carbocycles. The van der Waals surface area contributed by atoms with E-state index in [2.05, 4.69) is 16.3 Å². The normalized spacial score (nSPS) is 16.6. The highest BCUT2D eigenvalue weighted by atomic mass is 16.5. The van der Waals surface area contributed by atoms with E-state index in [1.165, 1.54) is 5.56 Å². The Morgan fingerprint density at radius 1 is 1.23 bits per heavy atom. The van der Waals surface area contributed by atoms with Gasteiger partial charge in [0.15, 0.2) is 17.3 Å². The third kappa shape index (κ3) is 2.98. The minimum atomic E-state index is 0.416. The van der Waals surface area contributed by atoms with Crippen LogP contribution in [0, 0.1) is 5.92 Å². The van der Waals surface area contributed by atoms with Crippen LogP contribution >= 0.6 is 0 Å². The molecule has 22 heavy (non-hydrogen) atoms. The van der Waals surface area contributed by atoms with Crippen LogP contribution < -0.4 is 14.4 Å². The summed E-state index contributed by atoms with van der Waals surface area (Å²) in [5, 5.41) is 8.54. The van der Waals surface area contributed by atoms with E-state index in [1.54, 1.807) is 7.11 Å². The zero-order valence-corrected chi connectivity index (χ0v) is 13.2. The van der Waals surface area contributed by atoms with E-state index >= 15 is 0 Å². The molecule has 5 heteroatoms. The van der Waals surface area contributed by atoms with Crippen molar-refractivity contribution in [2.75, 3.05) is 32.7 Å². The maximum Gasteiger partial charge on any atom is 0.164 e. The molecule has 5 nitrogen and oxygen atoms in total. The van der Waals surface area contributed by atoms with E-state index in [4.69, 9.17) is 9.47 Å². The average molecular weight is 299 g/mol. The maximum atomic E-state index is 5.91. The van der Waals surface area contributed by atoms with Crippen LogP contribution in [0.4, 0.5) is 5.82 Å². The summed E-state index contributed by atoms with van der Waals surface area (Å²) in [4.78, 5) is 1.95. The molecule has 0 radical (unpaired) electrons. The molecule has 0 amide bonds. The Morgan fingerprint density at radius 3 is 2.77 bits per heavy atom. The number of rotatable bonds is 4. The van der Waals surface area contributed by atoms with Crippen LogP contribution in [0.15, 0.2) is 30.3 Å². The lowest BCUT2D eigenvalue weighted by atomic mass is 9.92. The van der Waals surface area contributed by atoms with E-state index in [0.717, 1.165) is 35.9 Å². The standard InChI is InChI=1S/C17H21N3O2/c1-20(2)16-8-7-14(18-19-16)10-12-9-13-5-4-6-15(21-3)17(13)22-11-12/h4-8,12H,9-11H2,1-3H3. The van der Waals surface area contributed by atoms with Crippen molar-refractivity contribution in [2.45, 2.75) is 12.8 Å². The predicted octanol–water partition coefficient (Wildman–Crippen LogP) is 2.35. The van der Waals surface area contributed by atoms with Crippen molar-refractivity contribution >= 4 is 5.82 Å². The van der Waals surface area contributed by atoms with Crippen molar-refractivity contribution < 1.29 is 9.47 Å². The molecule has 0 spiro atoms. The molecule has 2 heterocycles. The van der Waals surface area contributed by atoms with Gasteiger partial charge in [-0.05, 0) is 36.6 Å². The molecule has 0 fully saturated rings. The Hall–Kier alpha value is -2.30. The quantitative estimate of drug-likeness (QED) is 0.867. The molecule has 1 unspecified atom stereocenters. The SMILES string of the molecule is COc1cccc2c1OCC(Cc1ccc(N(C)C)nn1)C2. The monoisotopic (exact) mass is 299 g/mol. The molecule has 116 valence electrons. The molecule has 1 aromatic heterocycles. The molecule has 0 N–H and O–H groups in total. The summed E-state index contributed by atoms with van der Waals surface area (Å²) in [6.45, 7) is 0.685. The second-order valence-corrected chi connectivity index (χ2v) is 5.81. The fourth-order valence-electron chi connectivity index (χ4n) is 2.74. The summed E-state index contributed by atoms with van der Waals surface area (Å²) in [7, 11) is 5.60. The lowest BCUT2D eigenvalue weighted by Crippen LogP contribution is -2.23. The first-order valence-electron chi connectivity index (χ1n) is 7.46. The van der Waals surface area contributed by atoms with Crippen LogP contribution in [0.2, 0.25) is 0 Å². The summed E-state index contributed by atoms with van der Waals surface area (Å²) in [6, 6.07) is 10.1. The fraction of sp³-hybridized carbons (Fsp3) is 0.412. The summed E-state index contributed by atoms with van der Waals surface area (Å²) in [5.74, 6) is 2.99. The Morgan fingerprint density at radius 2 is 2.09 bits per heavy atom. The number of nitrogens with zero attached hydrogens (tertiary/aromatic N) is 3. The van der Waals surface area contributed by atoms with Gasteiger partial charge in [0.05, 0.1) is 19.4 Å². The van der Waals surface area contributed by atoms with Crippen LogP contribution in [0.1, 0.15) is 11.3 Å². The Kier molecular flexibility index (Phi) is 4.13. The van der Waals surface area contributed by atoms with Crippen LogP contribution in [0.3, 0.4) is 0 Å². The van der Waals surface area contributed by atoms with Crippen molar-refractivity contribution in [3.05, 3.63) is 41.6 Å². The molecule has 0 saturated heterocycles. The zero-order valence-electron chi connectivity index (χ0n) is 13.2. The summed E-state index contributed by atoms with van der Waals surface area (Å²) in [5.41, 5.74) is 2.21. The number of para-hydroxylation sites is 1. The number of methoxy groups -OCH3 is 1. The van der Waals surface area contributed by atoms with Crippen LogP contribution in [-0.4, -0.2) is 38.0 Å². The van der Waals surface area contributed by atoms with E-state index in [9.17, 15) is 0 Å². The van der Waals surface area contributed by atoms with E-state index in [1.807, 2.05) is 43.3 Å². The predicted molar refractivity (Wildman–Crippen MR) is 85.7 cm³/mol. The van der Waals surface area contributed by atoms with Crippen molar-refractivity contribution in [2.24, 2.45) is 5.92 Å². The maximum absolute atomic E-state index is 5.91. The average Bonchev–Trinajstić information content (AvgIpc) is 2.54. The van der Waals surface area contributed by atoms with E-state index in [0.29, 0.717) is 12.5 Å². The van der Waals surface area contributed by atoms with Crippen LogP contribution in [0.5, 0.6) is 11.5 Å². The highest BCUT2D eigenvalue weighted by Crippen LogP contribution is 2.36. The number of hydrogen-bond acceptors (Lipinski definition) is 5. The molecule has 2 aromatic rings. The van der Waals surface area contributed by atoms with Gasteiger partial charge >= 0.3 is 0 Å². The third-order valence-corrected chi connectivity index (χ3v) is 3.91. The second kappa shape index (κ2) is 6.22. The largest absolute Gasteiger partial charge is 0.493 e. The molecule has 0 bridgehead atoms. The first kappa shape index (κ1) is 14.6. The molecule has 3 rings (SSSR count). The zero-order chi connectivity index (χ0) is 15.5. The molecular formula is C17H21N3O2. The third-order valence-electron chi connectivity index (χ3n) is 3.91. The molecule has 1 aliphatic rings. The van der Waals surface area contributed by atoms with Gasteiger partial charge in [-0.1, -0.05) is 12.1 Å². The molecule has 0 aliphatic carbocycles. The van der Waals surface area contributed by atoms with E-state index < -0.39 is 0 Å². The second-order valence-electron chi connectivity index (χ2n) is 5.81. The molecule has 0 saturated carbocycles. The summed E-state index contributed by atoms with van der Waals surface area (Å²) >= 11 is 0. The van der Waals surface area contributed by atoms with Gasteiger partial charge in [-0.2, -0.15) is 5.10 Å². The number of fused-ring (bicyclic) bond motifs is 1. The van der Waals surface area contributed by atoms with Crippen molar-refractivity contribution in [3.63, 3.8) is 0 Å². The van der Waals surface area contributed by atoms with Crippen molar-refractivity contribution in [3.8, 4) is 11.5 Å². The highest BCUT2D eigenvalue weighted by Gasteiger charge is 2.23. The van der Waals surface area contributed by atoms with E-state index in [-0.39, 0.29) is 0 Å². The number of anilines is 1. The Bertz CT molecular complexity index is 641. The Balaban J connectivity index is 1.70. The molecule has 1 aliphatic heterocycles. The van der Waals surface area contributed by atoms with Crippen molar-refractivity contribution in [1.82, 2.24) is 10.2 Å². The molecular weight excluding hydrogens is 278 g/mol. The van der Waals surface area contributed by atoms with Gasteiger partial charge in [-0.15, -0.1) is 5.10 Å². The lowest BCUT2D eigenvalue weighted by molar-refractivity contribution is 0.210. The van der Waals surface area contributed by atoms with Gasteiger partial charge in [0.1, 0.15) is 0 Å². The smallest absolute Gasteiger partial charge is 0.164 e. The van der Waals surface area contributed by atoms with Gasteiger partial charge in [0, 0.05) is 20.0 Å². The van der Waals surface area contributed by atoms with Gasteiger partial charge in [0.2, 0.25) is 0 Å². The molecule has 1 atom stereocenters. The number of aromatic nitrogens is 2. The topological polar surface area (TPSA) is 47.5 Å². The lowest BCUT2D eigenvalue weighted by Gasteiger charge is -2.26. The van der Waals surface area contributed by atoms with Gasteiger partial charge in [-0.3, -0.25) is 0 Å². The van der Waals surface area contributed by atoms with Crippen LogP contribution in [0.25, 0.3) is 0 Å². The number of hydrogen-bond donors (Lipinski definition) is 0. The first-order chi connectivity index (χ1) is 10.7. The highest BCUT2D eigenvalue weighted by molar-refractivity contribution is 5.47. The van der Waals surface area contributed by atoms with Gasteiger partial charge in [0.25, 0.3) is 0 Å². The number of ether oxygens (including phenoxy) is 2. The summed E-state index contributed by atoms with van der Waals surface area (Å²) in [6.07, 6.45) is 1.85. The summed E-state index contributed by atoms with van der Waals surface area (Å²) < 4.78 is 11.3. The first-order valence-corrected chi connectivity index (χ1v) is 7.46. The van der Waals surface area contributed by atoms with Gasteiger partial charge < -0.3 is 14.4 Å². The van der Waals surface area contributed by atoms with Crippen molar-refractivity contribution in [1.29, 1.82) is 0 Å². The Labute approximate surface area is 130 Å². The minimum Gasteiger partial charge on any atom is -0.493 e. The fourth-order valence-corrected chi connectivity index (χ4v) is 2.74. The number of benzene rings is 1. The van der Waals surface area contributed by atoms with Gasteiger partial charge in [-0.25, -0.2) is 0 Å². The van der Waals surface area contributed by atoms with Crippen LogP contribution in [-0.2, 0) is 12.8 Å².